The number of anilines is 1. The largest absolute Gasteiger partial charge is 0.362 e. The molecule has 0 spiro atoms. The fourth-order valence-corrected chi connectivity index (χ4v) is 3.67. The number of carbonyl (C=O) groups excluding carboxylic acids is 2. The number of nitro benzene ring substituents is 1. The monoisotopic (exact) mass is 375 g/mol. The Morgan fingerprint density at radius 3 is 2.52 bits per heavy atom. The van der Waals surface area contributed by atoms with Crippen LogP contribution < -0.4 is 10.2 Å². The highest BCUT2D eigenvalue weighted by Gasteiger charge is 2.28. The van der Waals surface area contributed by atoms with Gasteiger partial charge < -0.3 is 20.0 Å². The summed E-state index contributed by atoms with van der Waals surface area (Å²) < 4.78 is 0. The number of rotatable bonds is 4. The zero-order chi connectivity index (χ0) is 19.6. The van der Waals surface area contributed by atoms with Gasteiger partial charge in [-0.05, 0) is 25.1 Å². The molecular weight excluding hydrogens is 350 g/mol. The Labute approximate surface area is 158 Å². The highest BCUT2D eigenvalue weighted by atomic mass is 16.6. The summed E-state index contributed by atoms with van der Waals surface area (Å²) in [5.74, 6) is -0.200. The van der Waals surface area contributed by atoms with Crippen molar-refractivity contribution >= 4 is 23.2 Å². The van der Waals surface area contributed by atoms with Crippen molar-refractivity contribution in [2.45, 2.75) is 19.4 Å². The molecule has 1 aromatic carbocycles. The molecular formula is C18H25N5O4. The molecule has 1 N–H and O–H groups in total. The maximum absolute atomic E-state index is 12.7. The third-order valence-corrected chi connectivity index (χ3v) is 5.39. The zero-order valence-corrected chi connectivity index (χ0v) is 15.7. The van der Waals surface area contributed by atoms with Gasteiger partial charge in [-0.15, -0.1) is 0 Å². The van der Waals surface area contributed by atoms with Gasteiger partial charge in [0, 0.05) is 64.4 Å². The number of hydrogen-bond acceptors (Lipinski definition) is 6. The summed E-state index contributed by atoms with van der Waals surface area (Å²) >= 11 is 0. The summed E-state index contributed by atoms with van der Waals surface area (Å²) in [4.78, 5) is 40.6. The van der Waals surface area contributed by atoms with Crippen LogP contribution in [0.3, 0.4) is 0 Å². The zero-order valence-electron chi connectivity index (χ0n) is 15.7. The predicted molar refractivity (Wildman–Crippen MR) is 101 cm³/mol. The number of piperazine rings is 1. The minimum atomic E-state index is -0.444. The minimum absolute atomic E-state index is 0.00883. The number of benzene rings is 1. The number of nitro groups is 1. The van der Waals surface area contributed by atoms with Crippen molar-refractivity contribution in [3.63, 3.8) is 0 Å². The first-order chi connectivity index (χ1) is 12.9. The van der Waals surface area contributed by atoms with E-state index in [2.05, 4.69) is 5.32 Å². The molecule has 0 radical (unpaired) electrons. The molecule has 3 rings (SSSR count). The molecule has 146 valence electrons. The van der Waals surface area contributed by atoms with Crippen LogP contribution in [0.15, 0.2) is 18.2 Å². The molecule has 2 aliphatic rings. The summed E-state index contributed by atoms with van der Waals surface area (Å²) in [6.07, 6.45) is 0.878. The van der Waals surface area contributed by atoms with E-state index in [0.29, 0.717) is 37.4 Å². The molecule has 0 aliphatic carbocycles. The third-order valence-electron chi connectivity index (χ3n) is 5.39. The van der Waals surface area contributed by atoms with Crippen LogP contribution in [0, 0.1) is 10.1 Å². The van der Waals surface area contributed by atoms with Crippen molar-refractivity contribution in [3.05, 3.63) is 33.9 Å². The van der Waals surface area contributed by atoms with E-state index >= 15 is 0 Å². The number of amides is 2. The molecule has 1 aromatic rings. The van der Waals surface area contributed by atoms with Gasteiger partial charge >= 0.3 is 0 Å². The van der Waals surface area contributed by atoms with Crippen LogP contribution >= 0.6 is 0 Å². The van der Waals surface area contributed by atoms with Crippen molar-refractivity contribution in [3.8, 4) is 0 Å². The van der Waals surface area contributed by atoms with E-state index < -0.39 is 4.92 Å². The second-order valence-corrected chi connectivity index (χ2v) is 7.02. The van der Waals surface area contributed by atoms with Crippen LogP contribution in [0.1, 0.15) is 23.7 Å². The molecule has 27 heavy (non-hydrogen) atoms. The third kappa shape index (κ3) is 4.02. The SMILES string of the molecule is CC(=O)N1CCN(c2ccc(C(=O)N(C)C3CCNC3)cc2[N+](=O)[O-])CC1. The van der Waals surface area contributed by atoms with Crippen LogP contribution in [0.4, 0.5) is 11.4 Å². The normalized spacial score (nSPS) is 19.9. The van der Waals surface area contributed by atoms with Gasteiger partial charge in [0.2, 0.25) is 5.91 Å². The minimum Gasteiger partial charge on any atom is -0.362 e. The molecule has 2 saturated heterocycles. The second kappa shape index (κ2) is 7.91. The summed E-state index contributed by atoms with van der Waals surface area (Å²) in [6.45, 7) is 5.25. The number of nitrogens with one attached hydrogen (secondary N) is 1. The molecule has 2 heterocycles. The quantitative estimate of drug-likeness (QED) is 0.614. The number of nitrogens with zero attached hydrogens (tertiary/aromatic N) is 4. The molecule has 9 heteroatoms. The lowest BCUT2D eigenvalue weighted by Gasteiger charge is -2.35. The van der Waals surface area contributed by atoms with E-state index in [1.807, 2.05) is 4.90 Å². The maximum Gasteiger partial charge on any atom is 0.293 e. The molecule has 0 saturated carbocycles. The average Bonchev–Trinajstić information content (AvgIpc) is 3.21. The van der Waals surface area contributed by atoms with E-state index in [9.17, 15) is 19.7 Å². The summed E-state index contributed by atoms with van der Waals surface area (Å²) in [5, 5.41) is 14.8. The standard InChI is InChI=1S/C18H25N5O4/c1-13(24)21-7-9-22(10-8-21)16-4-3-14(11-17(16)23(26)27)18(25)20(2)15-5-6-19-12-15/h3-4,11,15,19H,5-10,12H2,1-2H3. The van der Waals surface area contributed by atoms with Gasteiger partial charge in [0.1, 0.15) is 5.69 Å². The average molecular weight is 375 g/mol. The van der Waals surface area contributed by atoms with Crippen molar-refractivity contribution in [2.24, 2.45) is 0 Å². The Morgan fingerprint density at radius 2 is 1.96 bits per heavy atom. The van der Waals surface area contributed by atoms with Gasteiger partial charge in [0.15, 0.2) is 0 Å². The second-order valence-electron chi connectivity index (χ2n) is 7.02. The molecule has 0 bridgehead atoms. The van der Waals surface area contributed by atoms with Crippen molar-refractivity contribution in [1.29, 1.82) is 0 Å². The number of carbonyl (C=O) groups is 2. The first-order valence-electron chi connectivity index (χ1n) is 9.15. The molecule has 2 amide bonds. The van der Waals surface area contributed by atoms with Gasteiger partial charge in [-0.1, -0.05) is 0 Å². The number of hydrogen-bond donors (Lipinski definition) is 1. The van der Waals surface area contributed by atoms with Crippen molar-refractivity contribution in [1.82, 2.24) is 15.1 Å². The predicted octanol–water partition coefficient (Wildman–Crippen LogP) is 0.697. The Hall–Kier alpha value is -2.68. The molecule has 2 aliphatic heterocycles. The molecule has 1 atom stereocenters. The fourth-order valence-electron chi connectivity index (χ4n) is 3.67. The van der Waals surface area contributed by atoms with Crippen LogP contribution in [0.25, 0.3) is 0 Å². The van der Waals surface area contributed by atoms with Gasteiger partial charge in [0.25, 0.3) is 11.6 Å². The van der Waals surface area contributed by atoms with Crippen LogP contribution in [0.5, 0.6) is 0 Å². The number of likely N-dealkylation sites (N-methyl/N-ethyl adjacent to an activating group) is 1. The highest BCUT2D eigenvalue weighted by Crippen LogP contribution is 2.30. The molecule has 1 unspecified atom stereocenters. The first kappa shape index (κ1) is 19.1. The first-order valence-corrected chi connectivity index (χ1v) is 9.15. The molecule has 0 aromatic heterocycles. The van der Waals surface area contributed by atoms with E-state index in [4.69, 9.17) is 0 Å². The van der Waals surface area contributed by atoms with E-state index in [0.717, 1.165) is 19.5 Å². The summed E-state index contributed by atoms with van der Waals surface area (Å²) in [7, 11) is 1.74. The van der Waals surface area contributed by atoms with Crippen LogP contribution in [-0.2, 0) is 4.79 Å². The summed E-state index contributed by atoms with van der Waals surface area (Å²) in [5.41, 5.74) is 0.738. The smallest absolute Gasteiger partial charge is 0.293 e. The molecule has 9 nitrogen and oxygen atoms in total. The lowest BCUT2D eigenvalue weighted by molar-refractivity contribution is -0.384. The molecule has 2 fully saturated rings. The van der Waals surface area contributed by atoms with Crippen LogP contribution in [-0.4, -0.2) is 78.9 Å². The van der Waals surface area contributed by atoms with Gasteiger partial charge in [-0.2, -0.15) is 0 Å². The Bertz CT molecular complexity index is 739. The lowest BCUT2D eigenvalue weighted by Crippen LogP contribution is -2.48. The van der Waals surface area contributed by atoms with Gasteiger partial charge in [-0.3, -0.25) is 19.7 Å². The Kier molecular flexibility index (Phi) is 5.59. The summed E-state index contributed by atoms with van der Waals surface area (Å²) in [6, 6.07) is 4.78. The van der Waals surface area contributed by atoms with Gasteiger partial charge in [0.05, 0.1) is 4.92 Å². The van der Waals surface area contributed by atoms with Crippen molar-refractivity contribution < 1.29 is 14.5 Å². The van der Waals surface area contributed by atoms with E-state index in [1.165, 1.54) is 13.0 Å². The van der Waals surface area contributed by atoms with Crippen LogP contribution in [0.2, 0.25) is 0 Å². The van der Waals surface area contributed by atoms with E-state index in [1.54, 1.807) is 29.0 Å². The van der Waals surface area contributed by atoms with Gasteiger partial charge in [-0.25, -0.2) is 0 Å². The van der Waals surface area contributed by atoms with Crippen molar-refractivity contribution in [2.75, 3.05) is 51.2 Å². The highest BCUT2D eigenvalue weighted by molar-refractivity contribution is 5.96. The van der Waals surface area contributed by atoms with E-state index in [-0.39, 0.29) is 23.5 Å². The topological polar surface area (TPSA) is 99.0 Å². The Balaban J connectivity index is 1.80. The maximum atomic E-state index is 12.7. The Morgan fingerprint density at radius 1 is 1.26 bits per heavy atom. The lowest BCUT2D eigenvalue weighted by atomic mass is 10.1. The fraction of sp³-hybridized carbons (Fsp3) is 0.556.